The van der Waals surface area contributed by atoms with Crippen molar-refractivity contribution in [3.8, 4) is 0 Å². The van der Waals surface area contributed by atoms with E-state index in [1.165, 1.54) is 36.4 Å². The highest BCUT2D eigenvalue weighted by Gasteiger charge is 1.88. The van der Waals surface area contributed by atoms with Crippen LogP contribution in [0.1, 0.15) is 51.7 Å². The van der Waals surface area contributed by atoms with Gasteiger partial charge in [0.05, 0.1) is 0 Å². The van der Waals surface area contributed by atoms with Gasteiger partial charge >= 0.3 is 0 Å². The first kappa shape index (κ1) is 33.0. The van der Waals surface area contributed by atoms with E-state index in [1.54, 1.807) is 0 Å². The molecule has 4 nitrogen and oxygen atoms in total. The molecule has 2 aliphatic rings. The summed E-state index contributed by atoms with van der Waals surface area (Å²) in [5, 5.41) is 0. The molecule has 2 N–H and O–H groups in total. The molecule has 3 aromatic carbocycles. The van der Waals surface area contributed by atoms with Crippen LogP contribution in [-0.2, 0) is 4.79 Å². The van der Waals surface area contributed by atoms with Gasteiger partial charge in [0.1, 0.15) is 5.78 Å². The van der Waals surface area contributed by atoms with Gasteiger partial charge in [-0.3, -0.25) is 9.98 Å². The van der Waals surface area contributed by atoms with E-state index in [-0.39, 0.29) is 5.78 Å². The lowest BCUT2D eigenvalue weighted by Gasteiger charge is -1.83. The van der Waals surface area contributed by atoms with Gasteiger partial charge in [-0.25, -0.2) is 0 Å². The van der Waals surface area contributed by atoms with E-state index in [2.05, 4.69) is 60.2 Å². The second-order valence-corrected chi connectivity index (χ2v) is 8.53. The number of allylic oxidation sites excluding steroid dienone is 2. The first-order valence-electron chi connectivity index (χ1n) is 12.4. The van der Waals surface area contributed by atoms with Crippen molar-refractivity contribution in [2.24, 2.45) is 9.98 Å². The Morgan fingerprint density at radius 3 is 1.00 bits per heavy atom. The van der Waals surface area contributed by atoms with Crippen LogP contribution in [0.5, 0.6) is 0 Å². The number of benzene rings is 3. The Kier molecular flexibility index (Phi) is 20.0. The number of carbonyl (C=O) groups is 1. The molecule has 4 heteroatoms. The highest BCUT2D eigenvalue weighted by molar-refractivity contribution is 5.85. The number of nitrogens with zero attached hydrogens (tertiary/aromatic N) is 2. The maximum atomic E-state index is 9.44. The summed E-state index contributed by atoms with van der Waals surface area (Å²) in [4.78, 5) is 17.4. The Hall–Kier alpha value is -4.05. The van der Waals surface area contributed by atoms with Gasteiger partial charge < -0.3 is 10.5 Å². The fraction of sp³-hybridized carbons (Fsp3) is 0.242. The fourth-order valence-corrected chi connectivity index (χ4v) is 2.43. The lowest BCUT2D eigenvalue weighted by molar-refractivity contribution is -0.114. The predicted molar refractivity (Wildman–Crippen MR) is 163 cm³/mol. The van der Waals surface area contributed by atoms with Gasteiger partial charge in [0.2, 0.25) is 0 Å². The zero-order chi connectivity index (χ0) is 27.7. The Morgan fingerprint density at radius 2 is 0.892 bits per heavy atom. The van der Waals surface area contributed by atoms with Crippen LogP contribution in [0.3, 0.4) is 0 Å². The number of nitrogen functional groups attached to an aromatic ring is 1. The van der Waals surface area contributed by atoms with E-state index in [0.717, 1.165) is 18.5 Å². The molecule has 0 amide bonds. The molecular weight excluding hydrogens is 454 g/mol. The first-order valence-corrected chi connectivity index (χ1v) is 12.4. The molecule has 2 heterocycles. The molecule has 5 rings (SSSR count). The van der Waals surface area contributed by atoms with Crippen LogP contribution in [0.15, 0.2) is 126 Å². The number of anilines is 1. The minimum Gasteiger partial charge on any atom is -0.399 e. The number of hydrogen-bond acceptors (Lipinski definition) is 4. The normalized spacial score (nSPS) is 11.6. The van der Waals surface area contributed by atoms with E-state index in [0.29, 0.717) is 0 Å². The van der Waals surface area contributed by atoms with Gasteiger partial charge in [-0.2, -0.15) is 0 Å². The Labute approximate surface area is 224 Å². The van der Waals surface area contributed by atoms with Gasteiger partial charge in [-0.1, -0.05) is 102 Å². The number of ketones is 1. The monoisotopic (exact) mass is 497 g/mol. The summed E-state index contributed by atoms with van der Waals surface area (Å²) in [7, 11) is 0. The number of rotatable bonds is 0. The zero-order valence-corrected chi connectivity index (χ0v) is 23.3. The fourth-order valence-electron chi connectivity index (χ4n) is 2.43. The van der Waals surface area contributed by atoms with E-state index >= 15 is 0 Å². The maximum Gasteiger partial charge on any atom is 0.126 e. The molecule has 3 aromatic rings. The number of aryl methyl sites for hydroxylation is 2. The minimum absolute atomic E-state index is 0.167. The summed E-state index contributed by atoms with van der Waals surface area (Å²) >= 11 is 0. The number of Topliss-reactive ketones (excluding diaryl/α,β-unsaturated/α-hetero) is 1. The Morgan fingerprint density at radius 1 is 0.595 bits per heavy atom. The molecule has 0 aliphatic carbocycles. The van der Waals surface area contributed by atoms with Gasteiger partial charge in [0, 0.05) is 42.4 Å². The highest BCUT2D eigenvalue weighted by Crippen LogP contribution is 1.97. The molecule has 0 unspecified atom stereocenters. The largest absolute Gasteiger partial charge is 0.399 e. The SMILES string of the molecule is CC(C)=O.CC1=NC=CC1.CC1=NC=CC1.Cc1ccccc1.Cc1ccccc1.Nc1ccccc1. The summed E-state index contributed by atoms with van der Waals surface area (Å²) in [6.07, 6.45) is 9.90. The Bertz CT molecular complexity index is 963. The maximum absolute atomic E-state index is 9.44. The van der Waals surface area contributed by atoms with Crippen LogP contribution in [0.2, 0.25) is 0 Å². The number of para-hydroxylation sites is 1. The highest BCUT2D eigenvalue weighted by atomic mass is 16.1. The molecule has 0 saturated heterocycles. The molecule has 0 radical (unpaired) electrons. The molecule has 37 heavy (non-hydrogen) atoms. The van der Waals surface area contributed by atoms with Crippen LogP contribution in [0.25, 0.3) is 0 Å². The molecule has 0 atom stereocenters. The summed E-state index contributed by atoms with van der Waals surface area (Å²) in [5.74, 6) is 0.167. The number of nitrogens with two attached hydrogens (primary N) is 1. The van der Waals surface area contributed by atoms with Gasteiger partial charge in [-0.05, 0) is 53.7 Å². The molecular formula is C33H43N3O. The third-order valence-electron chi connectivity index (χ3n) is 4.31. The topological polar surface area (TPSA) is 67.8 Å². The molecule has 0 spiro atoms. The van der Waals surface area contributed by atoms with Gasteiger partial charge in [-0.15, -0.1) is 0 Å². The van der Waals surface area contributed by atoms with Gasteiger partial charge in [0.25, 0.3) is 0 Å². The first-order chi connectivity index (χ1) is 17.7. The van der Waals surface area contributed by atoms with Crippen LogP contribution in [0.4, 0.5) is 5.69 Å². The van der Waals surface area contributed by atoms with Crippen molar-refractivity contribution < 1.29 is 4.79 Å². The molecule has 2 aliphatic heterocycles. The average molecular weight is 498 g/mol. The summed E-state index contributed by atoms with van der Waals surface area (Å²) in [5.41, 5.74) is 11.3. The van der Waals surface area contributed by atoms with E-state index in [1.807, 2.05) is 93.0 Å². The molecule has 0 fully saturated rings. The van der Waals surface area contributed by atoms with Crippen LogP contribution in [0, 0.1) is 13.8 Å². The predicted octanol–water partition coefficient (Wildman–Crippen LogP) is 8.58. The van der Waals surface area contributed by atoms with Gasteiger partial charge in [0.15, 0.2) is 0 Å². The van der Waals surface area contributed by atoms with E-state index < -0.39 is 0 Å². The molecule has 196 valence electrons. The Balaban J connectivity index is 0.000000424. The lowest BCUT2D eigenvalue weighted by Crippen LogP contribution is -1.79. The number of carbonyl (C=O) groups excluding carboxylic acids is 1. The smallest absolute Gasteiger partial charge is 0.126 e. The molecule has 0 bridgehead atoms. The number of hydrogen-bond donors (Lipinski definition) is 1. The van der Waals surface area contributed by atoms with E-state index in [4.69, 9.17) is 5.73 Å². The quantitative estimate of drug-likeness (QED) is 0.316. The third kappa shape index (κ3) is 24.9. The second-order valence-electron chi connectivity index (χ2n) is 8.53. The zero-order valence-electron chi connectivity index (χ0n) is 23.3. The van der Waals surface area contributed by atoms with Crippen LogP contribution in [-0.4, -0.2) is 17.2 Å². The van der Waals surface area contributed by atoms with Crippen molar-refractivity contribution in [1.29, 1.82) is 0 Å². The standard InChI is InChI=1S/2C7H8.C6H7N.2C5H7N.C3H6O/c2*1-7-5-3-2-4-6-7;7-6-4-2-1-3-5-6;2*1-5-3-2-4-6-5;1-3(2)4/h2*2-6H,1H3;1-5H,7H2;2*2,4H,3H2,1H3;1-2H3. The number of aliphatic imine (C=N–C) groups is 2. The molecule has 0 saturated carbocycles. The van der Waals surface area contributed by atoms with Crippen molar-refractivity contribution in [3.05, 3.63) is 127 Å². The molecule has 0 aromatic heterocycles. The van der Waals surface area contributed by atoms with Crippen LogP contribution < -0.4 is 5.73 Å². The summed E-state index contributed by atoms with van der Waals surface area (Å²) in [6.45, 7) is 11.3. The van der Waals surface area contributed by atoms with Crippen molar-refractivity contribution >= 4 is 22.9 Å². The summed E-state index contributed by atoms with van der Waals surface area (Å²) < 4.78 is 0. The van der Waals surface area contributed by atoms with Crippen molar-refractivity contribution in [1.82, 2.24) is 0 Å². The third-order valence-corrected chi connectivity index (χ3v) is 4.31. The van der Waals surface area contributed by atoms with Crippen LogP contribution >= 0.6 is 0 Å². The summed E-state index contributed by atoms with van der Waals surface area (Å²) in [6, 6.07) is 30.0. The second kappa shape index (κ2) is 22.4. The van der Waals surface area contributed by atoms with E-state index in [9.17, 15) is 4.79 Å². The van der Waals surface area contributed by atoms with Crippen molar-refractivity contribution in [3.63, 3.8) is 0 Å². The lowest BCUT2D eigenvalue weighted by atomic mass is 10.2. The minimum atomic E-state index is 0.167. The van der Waals surface area contributed by atoms with Crippen molar-refractivity contribution in [2.45, 2.75) is 54.4 Å². The van der Waals surface area contributed by atoms with Crippen molar-refractivity contribution in [2.75, 3.05) is 5.73 Å². The average Bonchev–Trinajstić information content (AvgIpc) is 3.55.